The zero-order valence-corrected chi connectivity index (χ0v) is 25.8. The molecule has 0 amide bonds. The van der Waals surface area contributed by atoms with Crippen LogP contribution in [0.2, 0.25) is 0 Å². The average molecular weight is 725 g/mol. The molecule has 1 aromatic heterocycles. The molecule has 0 saturated heterocycles. The molecule has 208 valence electrons. The zero-order valence-electron chi connectivity index (χ0n) is 23.6. The van der Waals surface area contributed by atoms with Crippen LogP contribution < -0.4 is 4.90 Å². The largest absolute Gasteiger partial charge is 1.00 e. The van der Waals surface area contributed by atoms with Gasteiger partial charge in [-0.1, -0.05) is 103 Å². The Hall–Kier alpha value is -4.65. The minimum absolute atomic E-state index is 0. The van der Waals surface area contributed by atoms with Crippen molar-refractivity contribution in [3.8, 4) is 28.4 Å². The van der Waals surface area contributed by atoms with Crippen LogP contribution in [0.3, 0.4) is 0 Å². The third-order valence-electron chi connectivity index (χ3n) is 6.89. The van der Waals surface area contributed by atoms with E-state index in [9.17, 15) is 0 Å². The summed E-state index contributed by atoms with van der Waals surface area (Å²) < 4.78 is 0. The molecule has 1 heterocycles. The van der Waals surface area contributed by atoms with E-state index in [0.29, 0.717) is 0 Å². The summed E-state index contributed by atoms with van der Waals surface area (Å²) in [5.74, 6) is 2.40. The van der Waals surface area contributed by atoms with Crippen molar-refractivity contribution in [3.63, 3.8) is 0 Å². The van der Waals surface area contributed by atoms with Gasteiger partial charge in [-0.3, -0.25) is 5.92 Å². The smallest absolute Gasteiger partial charge is 0.366 e. The molecule has 6 rings (SSSR count). The molecule has 0 fully saturated rings. The number of hydrogen-bond donors (Lipinski definition) is 0. The number of aromatic nitrogens is 1. The SMILES string of the molecule is Cc1ccccc1-c1cccc(-c2ccccc2C)n1.[Au+].[C-]#Cc1ccc(N(c2ccccc2)c2ccccc2)cc1. The third-order valence-corrected chi connectivity index (χ3v) is 6.89. The Balaban J connectivity index is 0.000000189. The van der Waals surface area contributed by atoms with Gasteiger partial charge in [0.15, 0.2) is 0 Å². The monoisotopic (exact) mass is 724 g/mol. The summed E-state index contributed by atoms with van der Waals surface area (Å²) in [7, 11) is 0. The van der Waals surface area contributed by atoms with E-state index in [0.717, 1.165) is 34.0 Å². The van der Waals surface area contributed by atoms with Crippen LogP contribution >= 0.6 is 0 Å². The topological polar surface area (TPSA) is 16.1 Å². The molecule has 42 heavy (non-hydrogen) atoms. The summed E-state index contributed by atoms with van der Waals surface area (Å²) in [5, 5.41) is 0. The zero-order chi connectivity index (χ0) is 28.4. The molecule has 3 heteroatoms. The number of aryl methyl sites for hydroxylation is 2. The van der Waals surface area contributed by atoms with Crippen molar-refractivity contribution in [3.05, 3.63) is 175 Å². The molecule has 2 nitrogen and oxygen atoms in total. The van der Waals surface area contributed by atoms with Gasteiger partial charge in [-0.05, 0) is 61.4 Å². The number of anilines is 3. The molecule has 0 spiro atoms. The number of para-hydroxylation sites is 2. The normalized spacial score (nSPS) is 9.93. The molecular weight excluding hydrogens is 693 g/mol. The molecule has 0 bridgehead atoms. The molecule has 5 aromatic carbocycles. The van der Waals surface area contributed by atoms with E-state index in [2.05, 4.69) is 116 Å². The van der Waals surface area contributed by atoms with Gasteiger partial charge in [0.05, 0.1) is 11.4 Å². The van der Waals surface area contributed by atoms with E-state index >= 15 is 0 Å². The fraction of sp³-hybridized carbons (Fsp3) is 0.0513. The van der Waals surface area contributed by atoms with E-state index in [1.165, 1.54) is 22.3 Å². The van der Waals surface area contributed by atoms with Crippen LogP contribution in [0.4, 0.5) is 17.1 Å². The van der Waals surface area contributed by atoms with Crippen molar-refractivity contribution in [2.75, 3.05) is 4.90 Å². The Morgan fingerprint density at radius 1 is 0.476 bits per heavy atom. The maximum atomic E-state index is 7.19. The number of benzene rings is 5. The summed E-state index contributed by atoms with van der Waals surface area (Å²) >= 11 is 0. The number of pyridine rings is 1. The summed E-state index contributed by atoms with van der Waals surface area (Å²) in [6, 6.07) is 51.3. The second kappa shape index (κ2) is 14.8. The van der Waals surface area contributed by atoms with Crippen molar-refractivity contribution >= 4 is 17.1 Å². The van der Waals surface area contributed by atoms with Crippen LogP contribution in [0.5, 0.6) is 0 Å². The maximum absolute atomic E-state index is 7.19. The maximum Gasteiger partial charge on any atom is 1.00 e. The molecule has 0 unspecified atom stereocenters. The summed E-state index contributed by atoms with van der Waals surface area (Å²) in [6.07, 6.45) is 7.19. The molecular formula is C39H31AuN2. The van der Waals surface area contributed by atoms with Crippen LogP contribution in [0, 0.1) is 26.2 Å². The van der Waals surface area contributed by atoms with Crippen LogP contribution in [0.1, 0.15) is 16.7 Å². The quantitative estimate of drug-likeness (QED) is 0.100. The first-order valence-corrected chi connectivity index (χ1v) is 13.7. The standard InChI is InChI=1S/C20H14N.C19H17N.Au/c1-2-17-13-15-20(16-14-17)21(18-9-5-3-6-10-18)19-11-7-4-8-12-19;1-14-8-3-5-10-16(14)18-12-7-13-19(20-18)17-11-6-4-9-15(17)2;/h3-16H;3-13H,1-2H3;/q-1;;+1. The van der Waals surface area contributed by atoms with Crippen LogP contribution in [0.15, 0.2) is 152 Å². The predicted octanol–water partition coefficient (Wildman–Crippen LogP) is 10.1. The fourth-order valence-corrected chi connectivity index (χ4v) is 4.75. The Labute approximate surface area is 265 Å². The predicted molar refractivity (Wildman–Crippen MR) is 172 cm³/mol. The molecule has 0 N–H and O–H groups in total. The van der Waals surface area contributed by atoms with Gasteiger partial charge in [-0.15, -0.1) is 17.7 Å². The van der Waals surface area contributed by atoms with Crippen molar-refractivity contribution in [2.45, 2.75) is 13.8 Å². The average Bonchev–Trinajstić information content (AvgIpc) is 3.03. The second-order valence-electron chi connectivity index (χ2n) is 9.72. The van der Waals surface area contributed by atoms with Crippen molar-refractivity contribution in [2.24, 2.45) is 0 Å². The molecule has 0 aliphatic carbocycles. The van der Waals surface area contributed by atoms with Crippen LogP contribution in [0.25, 0.3) is 22.5 Å². The molecule has 6 aromatic rings. The van der Waals surface area contributed by atoms with Gasteiger partial charge >= 0.3 is 22.4 Å². The molecule has 0 atom stereocenters. The Bertz CT molecular complexity index is 1650. The van der Waals surface area contributed by atoms with Gasteiger partial charge in [0.25, 0.3) is 0 Å². The third kappa shape index (κ3) is 7.35. The second-order valence-corrected chi connectivity index (χ2v) is 9.72. The Morgan fingerprint density at radius 2 is 0.881 bits per heavy atom. The Kier molecular flexibility index (Phi) is 10.7. The first-order chi connectivity index (χ1) is 20.1. The van der Waals surface area contributed by atoms with E-state index in [1.807, 2.05) is 60.7 Å². The van der Waals surface area contributed by atoms with Gasteiger partial charge < -0.3 is 11.3 Å². The number of hydrogen-bond acceptors (Lipinski definition) is 2. The summed E-state index contributed by atoms with van der Waals surface area (Å²) in [4.78, 5) is 7.02. The molecule has 0 radical (unpaired) electrons. The van der Waals surface area contributed by atoms with Gasteiger partial charge in [0, 0.05) is 28.2 Å². The number of nitrogens with zero attached hydrogens (tertiary/aromatic N) is 2. The van der Waals surface area contributed by atoms with Crippen molar-refractivity contribution < 1.29 is 22.4 Å². The molecule has 0 aliphatic rings. The van der Waals surface area contributed by atoms with Crippen LogP contribution in [-0.2, 0) is 22.4 Å². The van der Waals surface area contributed by atoms with E-state index < -0.39 is 0 Å². The Morgan fingerprint density at radius 3 is 1.31 bits per heavy atom. The van der Waals surface area contributed by atoms with E-state index in [1.54, 1.807) is 0 Å². The van der Waals surface area contributed by atoms with Crippen LogP contribution in [-0.4, -0.2) is 4.98 Å². The first kappa shape index (κ1) is 30.3. The number of rotatable bonds is 5. The van der Waals surface area contributed by atoms with Gasteiger partial charge in [-0.2, -0.15) is 0 Å². The molecule has 0 saturated carbocycles. The summed E-state index contributed by atoms with van der Waals surface area (Å²) in [5.41, 5.74) is 11.0. The van der Waals surface area contributed by atoms with E-state index in [-0.39, 0.29) is 22.4 Å². The minimum Gasteiger partial charge on any atom is -0.366 e. The molecule has 0 aliphatic heterocycles. The first-order valence-electron chi connectivity index (χ1n) is 13.7. The van der Waals surface area contributed by atoms with Crippen molar-refractivity contribution in [1.82, 2.24) is 4.98 Å². The van der Waals surface area contributed by atoms with Crippen molar-refractivity contribution in [1.29, 1.82) is 0 Å². The summed E-state index contributed by atoms with van der Waals surface area (Å²) in [6.45, 7) is 4.24. The van der Waals surface area contributed by atoms with Gasteiger partial charge in [-0.25, -0.2) is 4.98 Å². The minimum atomic E-state index is 0. The van der Waals surface area contributed by atoms with E-state index in [4.69, 9.17) is 11.4 Å². The fourth-order valence-electron chi connectivity index (χ4n) is 4.75. The van der Waals surface area contributed by atoms with Gasteiger partial charge in [0.1, 0.15) is 0 Å². The van der Waals surface area contributed by atoms with Gasteiger partial charge in [0.2, 0.25) is 0 Å².